The van der Waals surface area contributed by atoms with E-state index in [0.717, 1.165) is 56.9 Å². The molecule has 5 nitrogen and oxygen atoms in total. The van der Waals surface area contributed by atoms with Gasteiger partial charge in [-0.1, -0.05) is 49.6 Å². The van der Waals surface area contributed by atoms with Crippen LogP contribution in [0.4, 0.5) is 0 Å². The number of ether oxygens (including phenoxy) is 1. The molecule has 0 N–H and O–H groups in total. The highest BCUT2D eigenvalue weighted by atomic mass is 16.5. The number of fused-ring (bicyclic) bond motifs is 2. The van der Waals surface area contributed by atoms with Crippen molar-refractivity contribution in [3.05, 3.63) is 77.9 Å². The third-order valence-corrected chi connectivity index (χ3v) is 8.69. The van der Waals surface area contributed by atoms with Crippen LogP contribution in [0, 0.1) is 0 Å². The summed E-state index contributed by atoms with van der Waals surface area (Å²) in [6.45, 7) is 8.88. The van der Waals surface area contributed by atoms with Gasteiger partial charge < -0.3 is 9.64 Å². The summed E-state index contributed by atoms with van der Waals surface area (Å²) in [5, 5.41) is 0. The fourth-order valence-electron chi connectivity index (χ4n) is 6.77. The number of benzene rings is 2. The molecule has 3 atom stereocenters. The molecule has 5 rings (SSSR count). The molecule has 198 valence electrons. The summed E-state index contributed by atoms with van der Waals surface area (Å²) in [7, 11) is 1.74. The van der Waals surface area contributed by atoms with Gasteiger partial charge in [0, 0.05) is 50.4 Å². The number of nitrogens with zero attached hydrogens (tertiary/aromatic N) is 3. The molecule has 3 saturated heterocycles. The second-order valence-electron chi connectivity index (χ2n) is 11.0. The van der Waals surface area contributed by atoms with Crippen LogP contribution in [0.5, 0.6) is 5.75 Å². The maximum Gasteiger partial charge on any atom is 0.253 e. The molecule has 0 aliphatic carbocycles. The predicted molar refractivity (Wildman–Crippen MR) is 150 cm³/mol. The molecule has 2 aromatic rings. The molecule has 37 heavy (non-hydrogen) atoms. The highest BCUT2D eigenvalue weighted by molar-refractivity contribution is 5.94. The molecule has 3 fully saturated rings. The van der Waals surface area contributed by atoms with Gasteiger partial charge in [-0.3, -0.25) is 14.6 Å². The van der Waals surface area contributed by atoms with Crippen molar-refractivity contribution in [2.75, 3.05) is 39.8 Å². The minimum atomic E-state index is 0.127. The molecule has 0 radical (unpaired) electrons. The zero-order valence-electron chi connectivity index (χ0n) is 22.5. The van der Waals surface area contributed by atoms with Crippen LogP contribution in [0.25, 0.3) is 0 Å². The normalized spacial score (nSPS) is 24.1. The first kappa shape index (κ1) is 26.0. The van der Waals surface area contributed by atoms with Gasteiger partial charge in [-0.05, 0) is 67.5 Å². The maximum absolute atomic E-state index is 13.2. The second kappa shape index (κ2) is 12.3. The zero-order chi connectivity index (χ0) is 25.6. The predicted octanol–water partition coefficient (Wildman–Crippen LogP) is 5.92. The Morgan fingerprint density at radius 1 is 0.946 bits per heavy atom. The van der Waals surface area contributed by atoms with Crippen LogP contribution in [-0.4, -0.2) is 72.5 Å². The molecule has 0 aromatic heterocycles. The number of carbonyl (C=O) groups is 1. The lowest BCUT2D eigenvalue weighted by Gasteiger charge is -2.41. The van der Waals surface area contributed by atoms with E-state index in [-0.39, 0.29) is 11.9 Å². The van der Waals surface area contributed by atoms with Gasteiger partial charge in [0.1, 0.15) is 5.75 Å². The summed E-state index contributed by atoms with van der Waals surface area (Å²) in [4.78, 5) is 20.7. The summed E-state index contributed by atoms with van der Waals surface area (Å²) in [5.74, 6) is 1.06. The number of hydrogen-bond acceptors (Lipinski definition) is 4. The molecule has 3 aliphatic heterocycles. The van der Waals surface area contributed by atoms with Crippen LogP contribution in [0.2, 0.25) is 0 Å². The van der Waals surface area contributed by atoms with Crippen molar-refractivity contribution in [3.8, 4) is 5.75 Å². The monoisotopic (exact) mass is 501 g/mol. The smallest absolute Gasteiger partial charge is 0.253 e. The van der Waals surface area contributed by atoms with Crippen molar-refractivity contribution in [2.24, 2.45) is 0 Å². The first-order valence-electron chi connectivity index (χ1n) is 14.3. The molecule has 5 heteroatoms. The Labute approximate surface area is 223 Å². The fraction of sp³-hybridized carbons (Fsp3) is 0.531. The summed E-state index contributed by atoms with van der Waals surface area (Å²) < 4.78 is 5.61. The van der Waals surface area contributed by atoms with Gasteiger partial charge in [0.05, 0.1) is 13.2 Å². The van der Waals surface area contributed by atoms with Crippen molar-refractivity contribution in [1.82, 2.24) is 14.7 Å². The fourth-order valence-corrected chi connectivity index (χ4v) is 6.77. The van der Waals surface area contributed by atoms with Crippen LogP contribution in [0.1, 0.15) is 78.9 Å². The average Bonchev–Trinajstić information content (AvgIpc) is 3.26. The third kappa shape index (κ3) is 5.94. The largest absolute Gasteiger partial charge is 0.497 e. The lowest BCUT2D eigenvalue weighted by molar-refractivity contribution is 0.0761. The minimum Gasteiger partial charge on any atom is -0.497 e. The number of methoxy groups -OCH3 is 1. The number of carbonyl (C=O) groups excluding carboxylic acids is 1. The van der Waals surface area contributed by atoms with Crippen LogP contribution in [0.15, 0.2) is 61.2 Å². The number of amides is 1. The van der Waals surface area contributed by atoms with Gasteiger partial charge in [-0.15, -0.1) is 6.58 Å². The molecule has 1 amide bonds. The van der Waals surface area contributed by atoms with Crippen molar-refractivity contribution in [1.29, 1.82) is 0 Å². The summed E-state index contributed by atoms with van der Waals surface area (Å²) in [5.41, 5.74) is 3.30. The van der Waals surface area contributed by atoms with E-state index in [4.69, 9.17) is 4.74 Å². The van der Waals surface area contributed by atoms with E-state index in [9.17, 15) is 4.79 Å². The Morgan fingerprint density at radius 2 is 1.70 bits per heavy atom. The highest BCUT2D eigenvalue weighted by Crippen LogP contribution is 2.36. The molecule has 3 aliphatic rings. The molecule has 3 unspecified atom stereocenters. The van der Waals surface area contributed by atoms with Gasteiger partial charge >= 0.3 is 0 Å². The van der Waals surface area contributed by atoms with Crippen LogP contribution in [-0.2, 0) is 0 Å². The molecule has 3 heterocycles. The second-order valence-corrected chi connectivity index (χ2v) is 11.0. The van der Waals surface area contributed by atoms with Crippen molar-refractivity contribution in [2.45, 2.75) is 69.5 Å². The quantitative estimate of drug-likeness (QED) is 0.442. The topological polar surface area (TPSA) is 36.0 Å². The molecule has 0 spiro atoms. The number of hydrogen-bond donors (Lipinski definition) is 0. The van der Waals surface area contributed by atoms with E-state index in [0.29, 0.717) is 12.1 Å². The average molecular weight is 502 g/mol. The van der Waals surface area contributed by atoms with Crippen LogP contribution >= 0.6 is 0 Å². The summed E-state index contributed by atoms with van der Waals surface area (Å²) in [6.07, 6.45) is 11.8. The lowest BCUT2D eigenvalue weighted by Crippen LogP contribution is -2.48. The van der Waals surface area contributed by atoms with E-state index in [1.807, 2.05) is 11.0 Å². The molecule has 2 aromatic carbocycles. The van der Waals surface area contributed by atoms with Gasteiger partial charge in [0.15, 0.2) is 0 Å². The zero-order valence-corrected chi connectivity index (χ0v) is 22.5. The van der Waals surface area contributed by atoms with Crippen LogP contribution in [0.3, 0.4) is 0 Å². The Kier molecular flexibility index (Phi) is 8.62. The van der Waals surface area contributed by atoms with Gasteiger partial charge in [0.25, 0.3) is 5.91 Å². The third-order valence-electron chi connectivity index (χ3n) is 8.69. The van der Waals surface area contributed by atoms with Gasteiger partial charge in [-0.2, -0.15) is 0 Å². The van der Waals surface area contributed by atoms with Gasteiger partial charge in [0.2, 0.25) is 0 Å². The number of likely N-dealkylation sites (tertiary alicyclic amines) is 1. The maximum atomic E-state index is 13.2. The first-order chi connectivity index (χ1) is 18.2. The van der Waals surface area contributed by atoms with E-state index in [1.165, 1.54) is 49.7 Å². The number of piperidine rings is 1. The molecular weight excluding hydrogens is 458 g/mol. The van der Waals surface area contributed by atoms with Crippen molar-refractivity contribution >= 4 is 5.91 Å². The Hall–Kier alpha value is -2.63. The van der Waals surface area contributed by atoms with Crippen molar-refractivity contribution < 1.29 is 9.53 Å². The summed E-state index contributed by atoms with van der Waals surface area (Å²) >= 11 is 0. The Morgan fingerprint density at radius 3 is 2.43 bits per heavy atom. The summed E-state index contributed by atoms with van der Waals surface area (Å²) in [6, 6.07) is 18.3. The lowest BCUT2D eigenvalue weighted by atomic mass is 9.94. The van der Waals surface area contributed by atoms with E-state index >= 15 is 0 Å². The van der Waals surface area contributed by atoms with E-state index in [2.05, 4.69) is 64.9 Å². The van der Waals surface area contributed by atoms with Crippen LogP contribution < -0.4 is 4.74 Å². The first-order valence-corrected chi connectivity index (χ1v) is 14.3. The SMILES string of the molecule is C=CCN1C2CCCC1CN(C(c1ccc(C(=O)N3CCCCCC3)cc1)c1cccc(OC)c1)CC2. The highest BCUT2D eigenvalue weighted by Gasteiger charge is 2.36. The Bertz CT molecular complexity index is 1040. The standard InChI is InChI=1S/C32H43N3O2/c1-3-19-35-28-11-9-12-29(35)24-34(22-18-28)31(27-10-8-13-30(23-27)37-2)25-14-16-26(17-15-25)32(36)33-20-6-4-5-7-21-33/h3,8,10,13-17,23,28-29,31H,1,4-7,9,11-12,18-22,24H2,2H3. The minimum absolute atomic E-state index is 0.127. The van der Waals surface area contributed by atoms with Gasteiger partial charge in [-0.25, -0.2) is 0 Å². The Balaban J connectivity index is 1.44. The number of rotatable bonds is 7. The van der Waals surface area contributed by atoms with E-state index < -0.39 is 0 Å². The van der Waals surface area contributed by atoms with Crippen molar-refractivity contribution in [3.63, 3.8) is 0 Å². The molecular formula is C32H43N3O2. The molecule has 2 bridgehead atoms. The molecule has 0 saturated carbocycles. The van der Waals surface area contributed by atoms with E-state index in [1.54, 1.807) is 7.11 Å².